The number of nitrogens with two attached hydrogens (primary N) is 1. The lowest BCUT2D eigenvalue weighted by molar-refractivity contribution is 0.462. The molecule has 1 unspecified atom stereocenters. The second kappa shape index (κ2) is 4.77. The summed E-state index contributed by atoms with van der Waals surface area (Å²) >= 11 is 1.86. The molecule has 0 fully saturated rings. The molecule has 0 aliphatic carbocycles. The molecule has 0 aliphatic rings. The highest BCUT2D eigenvalue weighted by molar-refractivity contribution is 7.12. The zero-order valence-electron chi connectivity index (χ0n) is 8.71. The van der Waals surface area contributed by atoms with Crippen LogP contribution in [0, 0.1) is 5.92 Å². The van der Waals surface area contributed by atoms with Gasteiger partial charge in [0.15, 0.2) is 0 Å². The maximum absolute atomic E-state index is 6.13. The van der Waals surface area contributed by atoms with Crippen LogP contribution in [0.15, 0.2) is 12.1 Å². The summed E-state index contributed by atoms with van der Waals surface area (Å²) in [6.45, 7) is 6.60. The molecule has 1 heterocycles. The topological polar surface area (TPSA) is 26.0 Å². The Morgan fingerprint density at radius 1 is 1.38 bits per heavy atom. The maximum atomic E-state index is 6.13. The van der Waals surface area contributed by atoms with Crippen LogP contribution < -0.4 is 5.73 Å². The predicted octanol–water partition coefficient (Wildman–Crippen LogP) is 3.36. The fraction of sp³-hybridized carbons (Fsp3) is 0.636. The van der Waals surface area contributed by atoms with E-state index in [9.17, 15) is 0 Å². The first-order chi connectivity index (χ1) is 6.19. The van der Waals surface area contributed by atoms with Gasteiger partial charge in [-0.3, -0.25) is 0 Å². The first-order valence-electron chi connectivity index (χ1n) is 5.03. The molecule has 2 heteroatoms. The molecule has 0 bridgehead atoms. The number of hydrogen-bond donors (Lipinski definition) is 1. The summed E-state index contributed by atoms with van der Waals surface area (Å²) in [7, 11) is 0. The van der Waals surface area contributed by atoms with Crippen molar-refractivity contribution in [2.75, 3.05) is 0 Å². The molecule has 0 aliphatic heterocycles. The van der Waals surface area contributed by atoms with Gasteiger partial charge in [-0.25, -0.2) is 0 Å². The van der Waals surface area contributed by atoms with Crippen LogP contribution in [0.2, 0.25) is 0 Å². The molecule has 0 aromatic carbocycles. The summed E-state index contributed by atoms with van der Waals surface area (Å²) in [6, 6.07) is 4.61. The number of thiophene rings is 1. The van der Waals surface area contributed by atoms with Crippen LogP contribution in [0.4, 0.5) is 0 Å². The average molecular weight is 197 g/mol. The van der Waals surface area contributed by atoms with Crippen molar-refractivity contribution in [3.8, 4) is 0 Å². The Bertz CT molecular complexity index is 254. The van der Waals surface area contributed by atoms with E-state index in [1.807, 2.05) is 11.3 Å². The molecule has 0 spiro atoms. The average Bonchev–Trinajstić information content (AvgIpc) is 2.63. The summed E-state index contributed by atoms with van der Waals surface area (Å²) < 4.78 is 0. The molecule has 1 nitrogen and oxygen atoms in total. The van der Waals surface area contributed by atoms with Gasteiger partial charge < -0.3 is 5.73 Å². The third kappa shape index (κ3) is 2.55. The predicted molar refractivity (Wildman–Crippen MR) is 60.1 cm³/mol. The minimum absolute atomic E-state index is 0.232. The van der Waals surface area contributed by atoms with Gasteiger partial charge in [0, 0.05) is 15.8 Å². The van der Waals surface area contributed by atoms with Crippen LogP contribution in [0.1, 0.15) is 43.0 Å². The van der Waals surface area contributed by atoms with Crippen LogP contribution in [0.25, 0.3) is 0 Å². The minimum Gasteiger partial charge on any atom is -0.323 e. The van der Waals surface area contributed by atoms with Crippen LogP contribution in [-0.2, 0) is 6.42 Å². The SMILES string of the molecule is CCc1ccc([C@H](N)C(C)CC)s1. The van der Waals surface area contributed by atoms with Gasteiger partial charge in [0.2, 0.25) is 0 Å². The molecule has 74 valence electrons. The monoisotopic (exact) mass is 197 g/mol. The van der Waals surface area contributed by atoms with E-state index in [0.29, 0.717) is 5.92 Å². The Kier molecular flexibility index (Phi) is 3.94. The standard InChI is InChI=1S/C11H19NS/c1-4-8(3)11(12)10-7-6-9(5-2)13-10/h6-8,11H,4-5,12H2,1-3H3/t8?,11-/m1/s1. The van der Waals surface area contributed by atoms with Crippen molar-refractivity contribution in [2.24, 2.45) is 11.7 Å². The quantitative estimate of drug-likeness (QED) is 0.787. The number of rotatable bonds is 4. The van der Waals surface area contributed by atoms with Crippen molar-refractivity contribution in [3.05, 3.63) is 21.9 Å². The van der Waals surface area contributed by atoms with E-state index in [1.165, 1.54) is 9.75 Å². The Hall–Kier alpha value is -0.340. The molecule has 1 aromatic heterocycles. The molecule has 1 aromatic rings. The van der Waals surface area contributed by atoms with Crippen molar-refractivity contribution < 1.29 is 0 Å². The van der Waals surface area contributed by atoms with Gasteiger partial charge in [-0.05, 0) is 24.5 Å². The van der Waals surface area contributed by atoms with E-state index < -0.39 is 0 Å². The van der Waals surface area contributed by atoms with Crippen LogP contribution >= 0.6 is 11.3 Å². The largest absolute Gasteiger partial charge is 0.323 e. The van der Waals surface area contributed by atoms with Gasteiger partial charge in [0.1, 0.15) is 0 Å². The fourth-order valence-electron chi connectivity index (χ4n) is 1.30. The summed E-state index contributed by atoms with van der Waals surface area (Å²) in [5, 5.41) is 0. The van der Waals surface area contributed by atoms with Crippen molar-refractivity contribution in [2.45, 2.75) is 39.7 Å². The zero-order chi connectivity index (χ0) is 9.84. The molecular formula is C11H19NS. The van der Waals surface area contributed by atoms with E-state index in [4.69, 9.17) is 5.73 Å². The zero-order valence-corrected chi connectivity index (χ0v) is 9.53. The maximum Gasteiger partial charge on any atom is 0.0415 e. The number of hydrogen-bond acceptors (Lipinski definition) is 2. The third-order valence-electron chi connectivity index (χ3n) is 2.62. The van der Waals surface area contributed by atoms with Gasteiger partial charge in [-0.15, -0.1) is 11.3 Å². The Labute approximate surface area is 85.0 Å². The third-order valence-corrected chi connectivity index (χ3v) is 3.95. The molecule has 1 rings (SSSR count). The van der Waals surface area contributed by atoms with E-state index in [2.05, 4.69) is 32.9 Å². The van der Waals surface area contributed by atoms with E-state index in [-0.39, 0.29) is 6.04 Å². The molecule has 0 radical (unpaired) electrons. The summed E-state index contributed by atoms with van der Waals surface area (Å²) in [6.07, 6.45) is 2.28. The van der Waals surface area contributed by atoms with Gasteiger partial charge in [-0.1, -0.05) is 27.2 Å². The van der Waals surface area contributed by atoms with Gasteiger partial charge in [0.25, 0.3) is 0 Å². The van der Waals surface area contributed by atoms with Gasteiger partial charge in [0.05, 0.1) is 0 Å². The van der Waals surface area contributed by atoms with E-state index in [0.717, 1.165) is 12.8 Å². The smallest absolute Gasteiger partial charge is 0.0415 e. The van der Waals surface area contributed by atoms with Gasteiger partial charge >= 0.3 is 0 Å². The highest BCUT2D eigenvalue weighted by atomic mass is 32.1. The summed E-state index contributed by atoms with van der Waals surface area (Å²) in [4.78, 5) is 2.78. The van der Waals surface area contributed by atoms with E-state index in [1.54, 1.807) is 0 Å². The van der Waals surface area contributed by atoms with Gasteiger partial charge in [-0.2, -0.15) is 0 Å². The molecule has 0 amide bonds. The highest BCUT2D eigenvalue weighted by Crippen LogP contribution is 2.28. The lowest BCUT2D eigenvalue weighted by Gasteiger charge is -2.16. The van der Waals surface area contributed by atoms with Crippen molar-refractivity contribution in [3.63, 3.8) is 0 Å². The first kappa shape index (κ1) is 10.7. The molecular weight excluding hydrogens is 178 g/mol. The Morgan fingerprint density at radius 3 is 2.54 bits per heavy atom. The molecule has 2 atom stereocenters. The molecule has 0 saturated heterocycles. The minimum atomic E-state index is 0.232. The molecule has 2 N–H and O–H groups in total. The highest BCUT2D eigenvalue weighted by Gasteiger charge is 2.14. The summed E-state index contributed by atoms with van der Waals surface area (Å²) in [5.41, 5.74) is 6.13. The second-order valence-corrected chi connectivity index (χ2v) is 4.77. The van der Waals surface area contributed by atoms with Crippen molar-refractivity contribution >= 4 is 11.3 Å². The van der Waals surface area contributed by atoms with Crippen LogP contribution in [0.5, 0.6) is 0 Å². The van der Waals surface area contributed by atoms with Crippen LogP contribution in [-0.4, -0.2) is 0 Å². The number of aryl methyl sites for hydroxylation is 1. The summed E-state index contributed by atoms with van der Waals surface area (Å²) in [5.74, 6) is 0.586. The lowest BCUT2D eigenvalue weighted by atomic mass is 9.99. The normalized spacial score (nSPS) is 15.7. The van der Waals surface area contributed by atoms with Crippen molar-refractivity contribution in [1.82, 2.24) is 0 Å². The second-order valence-electron chi connectivity index (χ2n) is 3.57. The van der Waals surface area contributed by atoms with E-state index >= 15 is 0 Å². The molecule has 0 saturated carbocycles. The lowest BCUT2D eigenvalue weighted by Crippen LogP contribution is -2.16. The first-order valence-corrected chi connectivity index (χ1v) is 5.84. The Balaban J connectivity index is 2.70. The van der Waals surface area contributed by atoms with Crippen LogP contribution in [0.3, 0.4) is 0 Å². The van der Waals surface area contributed by atoms with Crippen molar-refractivity contribution in [1.29, 1.82) is 0 Å². The molecule has 13 heavy (non-hydrogen) atoms. The fourth-order valence-corrected chi connectivity index (χ4v) is 2.39. The Morgan fingerprint density at radius 2 is 2.08 bits per heavy atom.